The lowest BCUT2D eigenvalue weighted by Gasteiger charge is -2.00. The third-order valence-electron chi connectivity index (χ3n) is 1.72. The van der Waals surface area contributed by atoms with Crippen molar-refractivity contribution in [2.75, 3.05) is 7.11 Å². The predicted octanol–water partition coefficient (Wildman–Crippen LogP) is -0.0243. The Bertz CT molecular complexity index is 288. The summed E-state index contributed by atoms with van der Waals surface area (Å²) in [7, 11) is 1.26. The Hall–Kier alpha value is -1.42. The van der Waals surface area contributed by atoms with Gasteiger partial charge in [0.1, 0.15) is 0 Å². The summed E-state index contributed by atoms with van der Waals surface area (Å²) < 4.78 is 4.35. The molecule has 13 heavy (non-hydrogen) atoms. The highest BCUT2D eigenvalue weighted by Crippen LogP contribution is 2.16. The van der Waals surface area contributed by atoms with Gasteiger partial charge in [-0.05, 0) is 17.7 Å². The Morgan fingerprint density at radius 3 is 2.92 bits per heavy atom. The molecular weight excluding hydrogens is 172 g/mol. The zero-order valence-electron chi connectivity index (χ0n) is 7.19. The van der Waals surface area contributed by atoms with Crippen LogP contribution in [0.1, 0.15) is 6.42 Å². The molecule has 0 aromatic heterocycles. The number of allylic oxidation sites excluding steroid dienone is 1. The SMILES string of the molecule is COC(=O)/C=C/C1=CC(=O)CC1O. The second kappa shape index (κ2) is 4.00. The molecule has 0 fully saturated rings. The smallest absolute Gasteiger partial charge is 0.330 e. The standard InChI is InChI=1S/C9H10O4/c1-13-9(12)3-2-6-4-7(10)5-8(6)11/h2-4,8,11H,5H2,1H3/b3-2+. The van der Waals surface area contributed by atoms with Crippen LogP contribution in [0.25, 0.3) is 0 Å². The Morgan fingerprint density at radius 2 is 2.46 bits per heavy atom. The molecule has 0 radical (unpaired) electrons. The molecule has 1 unspecified atom stereocenters. The van der Waals surface area contributed by atoms with Gasteiger partial charge in [-0.2, -0.15) is 0 Å². The summed E-state index contributed by atoms with van der Waals surface area (Å²) in [6, 6.07) is 0. The number of ketones is 1. The van der Waals surface area contributed by atoms with Crippen LogP contribution in [0.15, 0.2) is 23.8 Å². The number of aliphatic hydroxyl groups excluding tert-OH is 1. The number of ether oxygens (including phenoxy) is 1. The number of aliphatic hydroxyl groups is 1. The van der Waals surface area contributed by atoms with Gasteiger partial charge in [-0.25, -0.2) is 4.79 Å². The van der Waals surface area contributed by atoms with Crippen molar-refractivity contribution in [2.45, 2.75) is 12.5 Å². The zero-order valence-corrected chi connectivity index (χ0v) is 7.19. The number of hydrogen-bond donors (Lipinski definition) is 1. The lowest BCUT2D eigenvalue weighted by Crippen LogP contribution is -2.05. The van der Waals surface area contributed by atoms with E-state index in [1.807, 2.05) is 0 Å². The van der Waals surface area contributed by atoms with Gasteiger partial charge < -0.3 is 9.84 Å². The largest absolute Gasteiger partial charge is 0.466 e. The van der Waals surface area contributed by atoms with E-state index in [2.05, 4.69) is 4.74 Å². The fourth-order valence-electron chi connectivity index (χ4n) is 1.04. The fourth-order valence-corrected chi connectivity index (χ4v) is 1.04. The number of carbonyl (C=O) groups excluding carboxylic acids is 2. The van der Waals surface area contributed by atoms with E-state index in [-0.39, 0.29) is 12.2 Å². The molecule has 0 spiro atoms. The highest BCUT2D eigenvalue weighted by molar-refractivity contribution is 5.95. The van der Waals surface area contributed by atoms with Crippen molar-refractivity contribution in [1.82, 2.24) is 0 Å². The average Bonchev–Trinajstić information content (AvgIpc) is 2.41. The molecular formula is C9H10O4. The van der Waals surface area contributed by atoms with E-state index >= 15 is 0 Å². The van der Waals surface area contributed by atoms with Gasteiger partial charge >= 0.3 is 5.97 Å². The van der Waals surface area contributed by atoms with Gasteiger partial charge in [-0.15, -0.1) is 0 Å². The quantitative estimate of drug-likeness (QED) is 0.481. The average molecular weight is 182 g/mol. The maximum Gasteiger partial charge on any atom is 0.330 e. The molecule has 0 aromatic carbocycles. The first kappa shape index (κ1) is 9.67. The van der Waals surface area contributed by atoms with E-state index in [4.69, 9.17) is 0 Å². The summed E-state index contributed by atoms with van der Waals surface area (Å²) in [4.78, 5) is 21.4. The van der Waals surface area contributed by atoms with Crippen molar-refractivity contribution in [1.29, 1.82) is 0 Å². The van der Waals surface area contributed by atoms with E-state index in [0.717, 1.165) is 0 Å². The van der Waals surface area contributed by atoms with E-state index in [9.17, 15) is 14.7 Å². The lowest BCUT2D eigenvalue weighted by atomic mass is 10.2. The first-order valence-corrected chi connectivity index (χ1v) is 3.82. The Morgan fingerprint density at radius 1 is 1.77 bits per heavy atom. The number of esters is 1. The third-order valence-corrected chi connectivity index (χ3v) is 1.72. The molecule has 0 saturated carbocycles. The van der Waals surface area contributed by atoms with E-state index in [1.54, 1.807) is 0 Å². The normalized spacial score (nSPS) is 22.2. The molecule has 4 nitrogen and oxygen atoms in total. The summed E-state index contributed by atoms with van der Waals surface area (Å²) in [6.45, 7) is 0. The Kier molecular flexibility index (Phi) is 2.97. The van der Waals surface area contributed by atoms with Crippen molar-refractivity contribution < 1.29 is 19.4 Å². The molecule has 0 aliphatic heterocycles. The molecule has 1 rings (SSSR count). The lowest BCUT2D eigenvalue weighted by molar-refractivity contribution is -0.134. The first-order valence-electron chi connectivity index (χ1n) is 3.82. The zero-order chi connectivity index (χ0) is 9.84. The van der Waals surface area contributed by atoms with Crippen LogP contribution in [0, 0.1) is 0 Å². The van der Waals surface area contributed by atoms with Crippen LogP contribution >= 0.6 is 0 Å². The number of methoxy groups -OCH3 is 1. The number of hydrogen-bond acceptors (Lipinski definition) is 4. The number of rotatable bonds is 2. The Labute approximate surface area is 75.5 Å². The van der Waals surface area contributed by atoms with Crippen molar-refractivity contribution in [3.05, 3.63) is 23.8 Å². The number of carbonyl (C=O) groups is 2. The van der Waals surface area contributed by atoms with Crippen LogP contribution in [-0.4, -0.2) is 30.1 Å². The van der Waals surface area contributed by atoms with Crippen LogP contribution in [0.2, 0.25) is 0 Å². The fraction of sp³-hybridized carbons (Fsp3) is 0.333. The molecule has 0 bridgehead atoms. The van der Waals surface area contributed by atoms with Gasteiger partial charge in [0.15, 0.2) is 5.78 Å². The molecule has 1 N–H and O–H groups in total. The minimum absolute atomic E-state index is 0.0981. The summed E-state index contributed by atoms with van der Waals surface area (Å²) in [6.07, 6.45) is 3.20. The minimum atomic E-state index is -0.784. The molecule has 0 saturated heterocycles. The van der Waals surface area contributed by atoms with Gasteiger partial charge in [0, 0.05) is 12.5 Å². The maximum atomic E-state index is 10.8. The molecule has 70 valence electrons. The maximum absolute atomic E-state index is 10.8. The van der Waals surface area contributed by atoms with Gasteiger partial charge in [0.2, 0.25) is 0 Å². The molecule has 0 amide bonds. The third kappa shape index (κ3) is 2.52. The van der Waals surface area contributed by atoms with Gasteiger partial charge in [0.25, 0.3) is 0 Å². The molecule has 1 aliphatic rings. The van der Waals surface area contributed by atoms with Crippen molar-refractivity contribution >= 4 is 11.8 Å². The summed E-state index contributed by atoms with van der Waals surface area (Å²) in [5.74, 6) is -0.635. The highest BCUT2D eigenvalue weighted by Gasteiger charge is 2.20. The van der Waals surface area contributed by atoms with Crippen molar-refractivity contribution in [3.63, 3.8) is 0 Å². The Balaban J connectivity index is 2.64. The molecule has 0 heterocycles. The van der Waals surface area contributed by atoms with Crippen LogP contribution in [-0.2, 0) is 14.3 Å². The predicted molar refractivity (Wildman–Crippen MR) is 44.9 cm³/mol. The summed E-state index contributed by atoms with van der Waals surface area (Å²) >= 11 is 0. The van der Waals surface area contributed by atoms with Crippen molar-refractivity contribution in [2.24, 2.45) is 0 Å². The minimum Gasteiger partial charge on any atom is -0.466 e. The summed E-state index contributed by atoms with van der Waals surface area (Å²) in [5.41, 5.74) is 0.454. The van der Waals surface area contributed by atoms with E-state index in [0.29, 0.717) is 5.57 Å². The second-order valence-electron chi connectivity index (χ2n) is 2.69. The highest BCUT2D eigenvalue weighted by atomic mass is 16.5. The second-order valence-corrected chi connectivity index (χ2v) is 2.69. The van der Waals surface area contributed by atoms with Crippen LogP contribution in [0.5, 0.6) is 0 Å². The van der Waals surface area contributed by atoms with E-state index in [1.165, 1.54) is 25.3 Å². The molecule has 4 heteroatoms. The topological polar surface area (TPSA) is 63.6 Å². The van der Waals surface area contributed by atoms with Gasteiger partial charge in [-0.1, -0.05) is 0 Å². The van der Waals surface area contributed by atoms with Crippen LogP contribution < -0.4 is 0 Å². The monoisotopic (exact) mass is 182 g/mol. The van der Waals surface area contributed by atoms with Gasteiger partial charge in [0.05, 0.1) is 13.2 Å². The molecule has 0 aromatic rings. The molecule has 1 atom stereocenters. The summed E-state index contributed by atoms with van der Waals surface area (Å²) in [5, 5.41) is 9.25. The van der Waals surface area contributed by atoms with Crippen molar-refractivity contribution in [3.8, 4) is 0 Å². The van der Waals surface area contributed by atoms with Crippen LogP contribution in [0.3, 0.4) is 0 Å². The van der Waals surface area contributed by atoms with Gasteiger partial charge in [-0.3, -0.25) is 4.79 Å². The first-order chi connectivity index (χ1) is 6.13. The van der Waals surface area contributed by atoms with Crippen LogP contribution in [0.4, 0.5) is 0 Å². The van der Waals surface area contributed by atoms with E-state index < -0.39 is 12.1 Å². The molecule has 1 aliphatic carbocycles.